The average molecular weight is 361 g/mol. The third-order valence-electron chi connectivity index (χ3n) is 4.52. The summed E-state index contributed by atoms with van der Waals surface area (Å²) in [5.41, 5.74) is 1.12. The van der Waals surface area contributed by atoms with Crippen LogP contribution < -0.4 is 10.6 Å². The lowest BCUT2D eigenvalue weighted by Crippen LogP contribution is -2.70. The van der Waals surface area contributed by atoms with Crippen molar-refractivity contribution >= 4 is 23.2 Å². The van der Waals surface area contributed by atoms with Crippen LogP contribution in [0.5, 0.6) is 0 Å². The molecule has 2 fully saturated rings. The molecule has 2 atom stereocenters. The highest BCUT2D eigenvalue weighted by Gasteiger charge is 2.42. The van der Waals surface area contributed by atoms with E-state index in [0.29, 0.717) is 5.11 Å². The second-order valence-corrected chi connectivity index (χ2v) is 6.68. The van der Waals surface area contributed by atoms with E-state index >= 15 is 0 Å². The van der Waals surface area contributed by atoms with Gasteiger partial charge in [-0.2, -0.15) is 0 Å². The molecule has 5 nitrogen and oxygen atoms in total. The van der Waals surface area contributed by atoms with Crippen LogP contribution in [0.3, 0.4) is 0 Å². The Morgan fingerprint density at radius 3 is 2.84 bits per heavy atom. The lowest BCUT2D eigenvalue weighted by atomic mass is 9.98. The van der Waals surface area contributed by atoms with Gasteiger partial charge in [-0.15, -0.1) is 0 Å². The van der Waals surface area contributed by atoms with E-state index < -0.39 is 0 Å². The predicted octanol–water partition coefficient (Wildman–Crippen LogP) is 2.16. The average Bonchev–Trinajstić information content (AvgIpc) is 2.60. The van der Waals surface area contributed by atoms with Gasteiger partial charge in [-0.05, 0) is 37.2 Å². The van der Waals surface area contributed by atoms with Crippen LogP contribution in [0.1, 0.15) is 19.8 Å². The van der Waals surface area contributed by atoms with E-state index in [1.807, 2.05) is 24.3 Å². The lowest BCUT2D eigenvalue weighted by Gasteiger charge is -2.47. The largest absolute Gasteiger partial charge is 0.332 e. The van der Waals surface area contributed by atoms with Crippen LogP contribution in [-0.2, 0) is 4.79 Å². The standard InChI is InChI=1S/C19H28N4OS/c1-4-7-8-9-15(6-3)10-12-23-17-16(18(24)21-19(23)25)13-22(11-5-2)14-20-17/h4,6-9,16-17,20H,1,3,5,10-14H2,2H3,(H,21,24,25)/b8-7-,15-9+. The lowest BCUT2D eigenvalue weighted by molar-refractivity contribution is -0.130. The Bertz CT molecular complexity index is 584. The molecular weight excluding hydrogens is 332 g/mol. The Morgan fingerprint density at radius 1 is 1.36 bits per heavy atom. The zero-order valence-corrected chi connectivity index (χ0v) is 15.7. The predicted molar refractivity (Wildman–Crippen MR) is 107 cm³/mol. The first-order valence-electron chi connectivity index (χ1n) is 8.78. The first kappa shape index (κ1) is 19.6. The van der Waals surface area contributed by atoms with Gasteiger partial charge in [-0.1, -0.05) is 50.5 Å². The molecule has 0 radical (unpaired) electrons. The molecule has 2 unspecified atom stereocenters. The molecule has 0 aromatic rings. The molecule has 25 heavy (non-hydrogen) atoms. The SMILES string of the molecule is C=C/C=C\C=C(/C=C)CCN1C(=S)NC(=O)C2CN(CCC)CNC21. The zero-order valence-electron chi connectivity index (χ0n) is 14.9. The van der Waals surface area contributed by atoms with E-state index in [0.717, 1.165) is 44.7 Å². The highest BCUT2D eigenvalue weighted by atomic mass is 32.1. The van der Waals surface area contributed by atoms with E-state index in [1.54, 1.807) is 6.08 Å². The molecule has 0 spiro atoms. The number of hydrogen-bond donors (Lipinski definition) is 2. The Balaban J connectivity index is 2.04. The molecule has 0 aromatic carbocycles. The van der Waals surface area contributed by atoms with Gasteiger partial charge in [0, 0.05) is 19.8 Å². The summed E-state index contributed by atoms with van der Waals surface area (Å²) in [7, 11) is 0. The number of rotatable bonds is 8. The fourth-order valence-electron chi connectivity index (χ4n) is 3.25. The molecule has 136 valence electrons. The zero-order chi connectivity index (χ0) is 18.2. The summed E-state index contributed by atoms with van der Waals surface area (Å²) in [6.07, 6.45) is 11.3. The minimum atomic E-state index is -0.108. The Morgan fingerprint density at radius 2 is 2.16 bits per heavy atom. The van der Waals surface area contributed by atoms with Crippen molar-refractivity contribution in [3.05, 3.63) is 49.1 Å². The second-order valence-electron chi connectivity index (χ2n) is 6.29. The normalized spacial score (nSPS) is 25.0. The van der Waals surface area contributed by atoms with Gasteiger partial charge < -0.3 is 10.2 Å². The van der Waals surface area contributed by atoms with Crippen molar-refractivity contribution in [1.82, 2.24) is 20.4 Å². The number of hydrogen-bond acceptors (Lipinski definition) is 4. The van der Waals surface area contributed by atoms with E-state index in [-0.39, 0.29) is 18.0 Å². The Hall–Kier alpha value is -1.76. The molecule has 0 aromatic heterocycles. The minimum absolute atomic E-state index is 0.0213. The maximum atomic E-state index is 12.4. The van der Waals surface area contributed by atoms with E-state index in [4.69, 9.17) is 12.2 Å². The fraction of sp³-hybridized carbons (Fsp3) is 0.474. The first-order valence-corrected chi connectivity index (χ1v) is 9.19. The number of nitrogens with one attached hydrogen (secondary N) is 2. The number of amides is 1. The first-order chi connectivity index (χ1) is 12.1. The van der Waals surface area contributed by atoms with Crippen molar-refractivity contribution < 1.29 is 4.79 Å². The van der Waals surface area contributed by atoms with Crippen LogP contribution in [0.25, 0.3) is 0 Å². The molecule has 2 saturated heterocycles. The summed E-state index contributed by atoms with van der Waals surface area (Å²) in [4.78, 5) is 16.7. The molecular formula is C19H28N4OS. The summed E-state index contributed by atoms with van der Waals surface area (Å²) >= 11 is 5.42. The highest BCUT2D eigenvalue weighted by molar-refractivity contribution is 7.80. The summed E-state index contributed by atoms with van der Waals surface area (Å²) in [5.74, 6) is -0.0863. The molecule has 6 heteroatoms. The van der Waals surface area contributed by atoms with Crippen LogP contribution in [0.15, 0.2) is 49.1 Å². The number of allylic oxidation sites excluding steroid dienone is 5. The van der Waals surface area contributed by atoms with Gasteiger partial charge in [-0.3, -0.25) is 15.0 Å². The molecule has 0 bridgehead atoms. The number of nitrogens with zero attached hydrogens (tertiary/aromatic N) is 2. The number of carbonyl (C=O) groups is 1. The van der Waals surface area contributed by atoms with E-state index in [9.17, 15) is 4.79 Å². The molecule has 2 aliphatic heterocycles. The third kappa shape index (κ3) is 5.11. The van der Waals surface area contributed by atoms with Gasteiger partial charge in [0.1, 0.15) is 0 Å². The van der Waals surface area contributed by atoms with Crippen molar-refractivity contribution in [2.24, 2.45) is 5.92 Å². The van der Waals surface area contributed by atoms with E-state index in [2.05, 4.69) is 40.5 Å². The monoisotopic (exact) mass is 360 g/mol. The van der Waals surface area contributed by atoms with Crippen molar-refractivity contribution in [3.63, 3.8) is 0 Å². The topological polar surface area (TPSA) is 47.6 Å². The fourth-order valence-corrected chi connectivity index (χ4v) is 3.55. The maximum Gasteiger partial charge on any atom is 0.234 e. The molecule has 2 N–H and O–H groups in total. The van der Waals surface area contributed by atoms with Gasteiger partial charge in [0.25, 0.3) is 0 Å². The summed E-state index contributed by atoms with van der Waals surface area (Å²) in [6.45, 7) is 13.0. The molecule has 0 aliphatic carbocycles. The van der Waals surface area contributed by atoms with Gasteiger partial charge >= 0.3 is 0 Å². The summed E-state index contributed by atoms with van der Waals surface area (Å²) < 4.78 is 0. The maximum absolute atomic E-state index is 12.4. The van der Waals surface area contributed by atoms with Crippen LogP contribution in [-0.4, -0.2) is 53.3 Å². The summed E-state index contributed by atoms with van der Waals surface area (Å²) in [6, 6.07) is 0. The molecule has 2 rings (SSSR count). The number of thiocarbonyl (C=S) groups is 1. The Labute approximate surface area is 156 Å². The van der Waals surface area contributed by atoms with Gasteiger partial charge in [0.15, 0.2) is 5.11 Å². The van der Waals surface area contributed by atoms with Crippen LogP contribution in [0.4, 0.5) is 0 Å². The smallest absolute Gasteiger partial charge is 0.234 e. The van der Waals surface area contributed by atoms with Gasteiger partial charge in [0.05, 0.1) is 12.1 Å². The molecule has 0 saturated carbocycles. The van der Waals surface area contributed by atoms with Crippen molar-refractivity contribution in [2.45, 2.75) is 25.9 Å². The molecule has 1 amide bonds. The van der Waals surface area contributed by atoms with Crippen LogP contribution in [0.2, 0.25) is 0 Å². The molecule has 2 aliphatic rings. The Kier molecular flexibility index (Phi) is 7.55. The molecule has 2 heterocycles. The van der Waals surface area contributed by atoms with Crippen LogP contribution >= 0.6 is 12.2 Å². The van der Waals surface area contributed by atoms with Crippen LogP contribution in [0, 0.1) is 5.92 Å². The van der Waals surface area contributed by atoms with E-state index in [1.165, 1.54) is 0 Å². The van der Waals surface area contributed by atoms with Crippen molar-refractivity contribution in [3.8, 4) is 0 Å². The van der Waals surface area contributed by atoms with Crippen molar-refractivity contribution in [1.29, 1.82) is 0 Å². The highest BCUT2D eigenvalue weighted by Crippen LogP contribution is 2.21. The van der Waals surface area contributed by atoms with Gasteiger partial charge in [-0.25, -0.2) is 0 Å². The third-order valence-corrected chi connectivity index (χ3v) is 4.86. The number of fused-ring (bicyclic) bond motifs is 1. The quantitative estimate of drug-likeness (QED) is 0.513. The number of carbonyl (C=O) groups excluding carboxylic acids is 1. The van der Waals surface area contributed by atoms with Gasteiger partial charge in [0.2, 0.25) is 5.91 Å². The van der Waals surface area contributed by atoms with Crippen molar-refractivity contribution in [2.75, 3.05) is 26.3 Å². The minimum Gasteiger partial charge on any atom is -0.332 e. The second kappa shape index (κ2) is 9.65. The summed E-state index contributed by atoms with van der Waals surface area (Å²) in [5, 5.41) is 6.86.